The average Bonchev–Trinajstić information content (AvgIpc) is 3.01. The molecule has 1 heterocycles. The predicted molar refractivity (Wildman–Crippen MR) is 128 cm³/mol. The Morgan fingerprint density at radius 1 is 0.879 bits per heavy atom. The third-order valence-corrected chi connectivity index (χ3v) is 5.46. The van der Waals surface area contributed by atoms with E-state index < -0.39 is 11.8 Å². The van der Waals surface area contributed by atoms with Gasteiger partial charge in [0, 0.05) is 5.69 Å². The molecule has 0 saturated carbocycles. The quantitative estimate of drug-likeness (QED) is 0.501. The Morgan fingerprint density at radius 2 is 1.58 bits per heavy atom. The number of imide groups is 1. The third-order valence-electron chi connectivity index (χ3n) is 5.46. The Labute approximate surface area is 192 Å². The zero-order valence-electron chi connectivity index (χ0n) is 19.0. The second kappa shape index (κ2) is 8.90. The summed E-state index contributed by atoms with van der Waals surface area (Å²) in [5.41, 5.74) is 3.98. The van der Waals surface area contributed by atoms with Gasteiger partial charge in [-0.2, -0.15) is 0 Å². The van der Waals surface area contributed by atoms with Crippen LogP contribution in [0, 0.1) is 19.7 Å². The summed E-state index contributed by atoms with van der Waals surface area (Å²) < 4.78 is 19.3. The van der Waals surface area contributed by atoms with E-state index in [1.165, 1.54) is 24.3 Å². The molecule has 0 bridgehead atoms. The summed E-state index contributed by atoms with van der Waals surface area (Å²) in [6.07, 6.45) is -0.136. The maximum absolute atomic E-state index is 13.7. The first-order valence-corrected chi connectivity index (χ1v) is 10.7. The first kappa shape index (κ1) is 22.3. The zero-order valence-corrected chi connectivity index (χ0v) is 19.0. The molecule has 0 aromatic heterocycles. The zero-order chi connectivity index (χ0) is 23.7. The molecular formula is C27H25FN2O3. The van der Waals surface area contributed by atoms with E-state index in [4.69, 9.17) is 4.74 Å². The van der Waals surface area contributed by atoms with Crippen molar-refractivity contribution in [1.29, 1.82) is 0 Å². The van der Waals surface area contributed by atoms with Crippen molar-refractivity contribution in [2.75, 3.05) is 10.2 Å². The molecule has 0 unspecified atom stereocenters. The highest BCUT2D eigenvalue weighted by molar-refractivity contribution is 6.46. The van der Waals surface area contributed by atoms with E-state index in [0.717, 1.165) is 16.0 Å². The molecule has 0 saturated heterocycles. The number of ether oxygens (including phenoxy) is 1. The first-order valence-electron chi connectivity index (χ1n) is 10.7. The summed E-state index contributed by atoms with van der Waals surface area (Å²) in [6, 6.07) is 18.2. The highest BCUT2D eigenvalue weighted by Crippen LogP contribution is 2.38. The molecule has 3 aromatic rings. The highest BCUT2D eigenvalue weighted by Gasteiger charge is 2.41. The van der Waals surface area contributed by atoms with Crippen molar-refractivity contribution >= 4 is 28.8 Å². The van der Waals surface area contributed by atoms with Gasteiger partial charge < -0.3 is 10.1 Å². The van der Waals surface area contributed by atoms with E-state index in [2.05, 4.69) is 5.32 Å². The Hall–Kier alpha value is -3.93. The maximum atomic E-state index is 13.7. The van der Waals surface area contributed by atoms with E-state index in [1.54, 1.807) is 24.3 Å². The number of anilines is 2. The molecule has 3 aromatic carbocycles. The lowest BCUT2D eigenvalue weighted by molar-refractivity contribution is -0.120. The topological polar surface area (TPSA) is 58.6 Å². The van der Waals surface area contributed by atoms with E-state index in [0.29, 0.717) is 22.7 Å². The average molecular weight is 445 g/mol. The summed E-state index contributed by atoms with van der Waals surface area (Å²) in [6.45, 7) is 7.70. The minimum atomic E-state index is -0.502. The van der Waals surface area contributed by atoms with Crippen molar-refractivity contribution in [3.8, 4) is 5.75 Å². The van der Waals surface area contributed by atoms with Crippen LogP contribution in [-0.4, -0.2) is 17.9 Å². The second-order valence-corrected chi connectivity index (χ2v) is 8.26. The normalized spacial score (nSPS) is 13.8. The molecule has 6 heteroatoms. The summed E-state index contributed by atoms with van der Waals surface area (Å²) >= 11 is 0. The Balaban J connectivity index is 1.84. The molecule has 0 aliphatic carbocycles. The fourth-order valence-electron chi connectivity index (χ4n) is 3.70. The summed E-state index contributed by atoms with van der Waals surface area (Å²) in [7, 11) is 0. The minimum absolute atomic E-state index is 0.134. The molecule has 33 heavy (non-hydrogen) atoms. The fourth-order valence-corrected chi connectivity index (χ4v) is 3.70. The van der Waals surface area contributed by atoms with Crippen molar-refractivity contribution in [2.24, 2.45) is 0 Å². The number of hydrogen-bond acceptors (Lipinski definition) is 4. The van der Waals surface area contributed by atoms with Crippen LogP contribution in [0.25, 0.3) is 5.57 Å². The van der Waals surface area contributed by atoms with Crippen LogP contribution >= 0.6 is 0 Å². The van der Waals surface area contributed by atoms with Crippen LogP contribution in [0.3, 0.4) is 0 Å². The number of nitrogens with one attached hydrogen (secondary N) is 1. The lowest BCUT2D eigenvalue weighted by Crippen LogP contribution is -2.33. The van der Waals surface area contributed by atoms with Crippen LogP contribution < -0.4 is 15.0 Å². The number of benzene rings is 3. The van der Waals surface area contributed by atoms with Crippen molar-refractivity contribution in [3.05, 3.63) is 94.9 Å². The molecule has 0 atom stereocenters. The van der Waals surface area contributed by atoms with Gasteiger partial charge in [-0.1, -0.05) is 30.3 Å². The maximum Gasteiger partial charge on any atom is 0.282 e. The molecule has 1 aliphatic heterocycles. The van der Waals surface area contributed by atoms with E-state index in [-0.39, 0.29) is 23.2 Å². The van der Waals surface area contributed by atoms with Gasteiger partial charge >= 0.3 is 0 Å². The monoisotopic (exact) mass is 444 g/mol. The highest BCUT2D eigenvalue weighted by atomic mass is 19.1. The molecule has 2 amide bonds. The number of rotatable bonds is 6. The fraction of sp³-hybridized carbons (Fsp3) is 0.185. The van der Waals surface area contributed by atoms with Crippen LogP contribution in [0.1, 0.15) is 30.5 Å². The van der Waals surface area contributed by atoms with Gasteiger partial charge in [0.15, 0.2) is 0 Å². The van der Waals surface area contributed by atoms with Crippen molar-refractivity contribution in [2.45, 2.75) is 33.8 Å². The van der Waals surface area contributed by atoms with Crippen LogP contribution in [0.5, 0.6) is 5.75 Å². The minimum Gasteiger partial charge on any atom is -0.489 e. The van der Waals surface area contributed by atoms with Gasteiger partial charge in [0.2, 0.25) is 0 Å². The van der Waals surface area contributed by atoms with Crippen LogP contribution in [0.2, 0.25) is 0 Å². The van der Waals surface area contributed by atoms with Gasteiger partial charge in [-0.15, -0.1) is 0 Å². The van der Waals surface area contributed by atoms with E-state index >= 15 is 0 Å². The van der Waals surface area contributed by atoms with Gasteiger partial charge in [-0.25, -0.2) is 9.29 Å². The summed E-state index contributed by atoms with van der Waals surface area (Å²) in [5, 5.41) is 3.05. The third kappa shape index (κ3) is 4.37. The molecule has 0 fully saturated rings. The number of carbonyl (C=O) groups excluding carboxylic acids is 2. The van der Waals surface area contributed by atoms with Gasteiger partial charge in [-0.3, -0.25) is 9.59 Å². The van der Waals surface area contributed by atoms with Gasteiger partial charge in [-0.05, 0) is 80.8 Å². The molecule has 1 N–H and O–H groups in total. The number of amides is 2. The Morgan fingerprint density at radius 3 is 2.24 bits per heavy atom. The molecular weight excluding hydrogens is 419 g/mol. The molecule has 0 radical (unpaired) electrons. The molecule has 5 nitrogen and oxygen atoms in total. The van der Waals surface area contributed by atoms with Gasteiger partial charge in [0.05, 0.1) is 17.4 Å². The number of aryl methyl sites for hydroxylation is 2. The van der Waals surface area contributed by atoms with E-state index in [9.17, 15) is 14.0 Å². The number of carbonyl (C=O) groups is 2. The summed E-state index contributed by atoms with van der Waals surface area (Å²) in [4.78, 5) is 28.4. The van der Waals surface area contributed by atoms with Gasteiger partial charge in [0.1, 0.15) is 17.3 Å². The lowest BCUT2D eigenvalue weighted by atomic mass is 9.99. The number of nitrogens with zero attached hydrogens (tertiary/aromatic N) is 1. The van der Waals surface area contributed by atoms with Crippen molar-refractivity contribution < 1.29 is 18.7 Å². The Kier molecular flexibility index (Phi) is 6.01. The smallest absolute Gasteiger partial charge is 0.282 e. The van der Waals surface area contributed by atoms with E-state index in [1.807, 2.05) is 45.9 Å². The van der Waals surface area contributed by atoms with Crippen LogP contribution in [0.15, 0.2) is 72.4 Å². The van der Waals surface area contributed by atoms with Crippen molar-refractivity contribution in [3.63, 3.8) is 0 Å². The standard InChI is InChI=1S/C27H25FN2O3/c1-16(2)33-23-8-6-5-7-22(23)30-26(31)24(19-10-9-17(3)18(4)15-19)25(27(30)32)29-21-13-11-20(28)12-14-21/h5-16,29H,1-4H3. The SMILES string of the molecule is Cc1ccc(C2=C(Nc3ccc(F)cc3)C(=O)N(c3ccccc3OC(C)C)C2=O)cc1C. The lowest BCUT2D eigenvalue weighted by Gasteiger charge is -2.20. The van der Waals surface area contributed by atoms with Crippen LogP contribution in [0.4, 0.5) is 15.8 Å². The largest absolute Gasteiger partial charge is 0.489 e. The van der Waals surface area contributed by atoms with Crippen molar-refractivity contribution in [1.82, 2.24) is 0 Å². The number of para-hydroxylation sites is 2. The molecule has 0 spiro atoms. The van der Waals surface area contributed by atoms with Gasteiger partial charge in [0.25, 0.3) is 11.8 Å². The number of halogens is 1. The molecule has 4 rings (SSSR count). The molecule has 1 aliphatic rings. The second-order valence-electron chi connectivity index (χ2n) is 8.26. The number of hydrogen-bond donors (Lipinski definition) is 1. The Bertz CT molecular complexity index is 1260. The van der Waals surface area contributed by atoms with Crippen LogP contribution in [-0.2, 0) is 9.59 Å². The first-order chi connectivity index (χ1) is 15.8. The summed E-state index contributed by atoms with van der Waals surface area (Å²) in [5.74, 6) is -0.902. The molecule has 168 valence electrons. The predicted octanol–water partition coefficient (Wildman–Crippen LogP) is 5.63.